The molecule has 4 nitrogen and oxygen atoms in total. The lowest BCUT2D eigenvalue weighted by molar-refractivity contribution is -0.123. The number of benzene rings is 2. The van der Waals surface area contributed by atoms with Crippen LogP contribution in [-0.2, 0) is 16.0 Å². The Hall–Kier alpha value is -2.69. The van der Waals surface area contributed by atoms with Crippen molar-refractivity contribution in [3.8, 4) is 0 Å². The fourth-order valence-electron chi connectivity index (χ4n) is 1.99. The van der Waals surface area contributed by atoms with Crippen molar-refractivity contribution in [1.82, 2.24) is 0 Å². The lowest BCUT2D eigenvalue weighted by atomic mass is 9.95. The maximum absolute atomic E-state index is 13.1. The minimum absolute atomic E-state index is 0.0783. The smallest absolute Gasteiger partial charge is 0.229 e. The average molecular weight is 328 g/mol. The zero-order valence-electron chi connectivity index (χ0n) is 14.0. The van der Waals surface area contributed by atoms with Gasteiger partial charge in [0.05, 0.1) is 6.42 Å². The van der Waals surface area contributed by atoms with Crippen molar-refractivity contribution in [3.05, 3.63) is 59.9 Å². The standard InChI is InChI=1S/C19H21FN2O2/c1-19(2,3)18(24)22-16-9-7-15(8-10-16)21-17(23)12-13-5-4-6-14(20)11-13/h4-11H,12H2,1-3H3,(H,21,23)(H,22,24). The van der Waals surface area contributed by atoms with Crippen LogP contribution in [0.5, 0.6) is 0 Å². The van der Waals surface area contributed by atoms with Crippen molar-refractivity contribution in [1.29, 1.82) is 0 Å². The molecule has 24 heavy (non-hydrogen) atoms. The fourth-order valence-corrected chi connectivity index (χ4v) is 1.99. The molecule has 0 bridgehead atoms. The molecule has 0 spiro atoms. The van der Waals surface area contributed by atoms with Gasteiger partial charge in [-0.3, -0.25) is 9.59 Å². The Morgan fingerprint density at radius 1 is 0.958 bits per heavy atom. The van der Waals surface area contributed by atoms with E-state index in [4.69, 9.17) is 0 Å². The number of hydrogen-bond acceptors (Lipinski definition) is 2. The molecule has 0 heterocycles. The number of carbonyl (C=O) groups is 2. The van der Waals surface area contributed by atoms with Gasteiger partial charge in [0.15, 0.2) is 0 Å². The molecule has 0 aromatic heterocycles. The van der Waals surface area contributed by atoms with Crippen LogP contribution in [0.25, 0.3) is 0 Å². The van der Waals surface area contributed by atoms with E-state index >= 15 is 0 Å². The summed E-state index contributed by atoms with van der Waals surface area (Å²) in [4.78, 5) is 23.9. The molecular formula is C19H21FN2O2. The van der Waals surface area contributed by atoms with Gasteiger partial charge in [0.1, 0.15) is 5.82 Å². The highest BCUT2D eigenvalue weighted by Gasteiger charge is 2.21. The first-order chi connectivity index (χ1) is 11.2. The second-order valence-corrected chi connectivity index (χ2v) is 6.64. The van der Waals surface area contributed by atoms with E-state index in [2.05, 4.69) is 10.6 Å². The summed E-state index contributed by atoms with van der Waals surface area (Å²) in [6, 6.07) is 12.8. The van der Waals surface area contributed by atoms with Crippen molar-refractivity contribution in [3.63, 3.8) is 0 Å². The minimum atomic E-state index is -0.474. The number of amides is 2. The van der Waals surface area contributed by atoms with Gasteiger partial charge in [-0.15, -0.1) is 0 Å². The van der Waals surface area contributed by atoms with E-state index in [0.29, 0.717) is 16.9 Å². The van der Waals surface area contributed by atoms with Gasteiger partial charge in [-0.25, -0.2) is 4.39 Å². The molecule has 0 aliphatic rings. The number of halogens is 1. The first-order valence-corrected chi connectivity index (χ1v) is 7.70. The third-order valence-electron chi connectivity index (χ3n) is 3.36. The lowest BCUT2D eigenvalue weighted by Crippen LogP contribution is -2.27. The van der Waals surface area contributed by atoms with E-state index in [1.165, 1.54) is 12.1 Å². The van der Waals surface area contributed by atoms with Crippen LogP contribution in [0.4, 0.5) is 15.8 Å². The molecule has 0 saturated heterocycles. The molecule has 0 saturated carbocycles. The summed E-state index contributed by atoms with van der Waals surface area (Å²) in [5.41, 5.74) is 1.42. The van der Waals surface area contributed by atoms with Gasteiger partial charge in [-0.05, 0) is 42.0 Å². The van der Waals surface area contributed by atoms with Gasteiger partial charge in [0.25, 0.3) is 0 Å². The fraction of sp³-hybridized carbons (Fsp3) is 0.263. The minimum Gasteiger partial charge on any atom is -0.326 e. The maximum atomic E-state index is 13.1. The molecular weight excluding hydrogens is 307 g/mol. The first kappa shape index (κ1) is 17.7. The van der Waals surface area contributed by atoms with Crippen molar-refractivity contribution in [2.75, 3.05) is 10.6 Å². The first-order valence-electron chi connectivity index (χ1n) is 7.70. The van der Waals surface area contributed by atoms with Crippen LogP contribution in [0.1, 0.15) is 26.3 Å². The molecule has 2 N–H and O–H groups in total. The molecule has 2 aromatic rings. The Labute approximate surface area is 141 Å². The van der Waals surface area contributed by atoms with Crippen LogP contribution in [0.3, 0.4) is 0 Å². The number of nitrogens with one attached hydrogen (secondary N) is 2. The van der Waals surface area contributed by atoms with Crippen LogP contribution in [0, 0.1) is 11.2 Å². The lowest BCUT2D eigenvalue weighted by Gasteiger charge is -2.17. The van der Waals surface area contributed by atoms with Gasteiger partial charge in [-0.2, -0.15) is 0 Å². The maximum Gasteiger partial charge on any atom is 0.229 e. The highest BCUT2D eigenvalue weighted by atomic mass is 19.1. The molecule has 2 amide bonds. The summed E-state index contributed by atoms with van der Waals surface area (Å²) in [7, 11) is 0. The van der Waals surface area contributed by atoms with E-state index < -0.39 is 5.41 Å². The monoisotopic (exact) mass is 328 g/mol. The summed E-state index contributed by atoms with van der Waals surface area (Å²) >= 11 is 0. The summed E-state index contributed by atoms with van der Waals surface area (Å²) in [5.74, 6) is -0.670. The Morgan fingerprint density at radius 3 is 2.08 bits per heavy atom. The van der Waals surface area contributed by atoms with Crippen LogP contribution in [0.15, 0.2) is 48.5 Å². The molecule has 0 atom stereocenters. The molecule has 0 radical (unpaired) electrons. The van der Waals surface area contributed by atoms with Gasteiger partial charge >= 0.3 is 0 Å². The predicted octanol–water partition coefficient (Wildman–Crippen LogP) is 3.99. The van der Waals surface area contributed by atoms with E-state index in [0.717, 1.165) is 0 Å². The largest absolute Gasteiger partial charge is 0.326 e. The zero-order chi connectivity index (χ0) is 17.7. The summed E-state index contributed by atoms with van der Waals surface area (Å²) in [5, 5.41) is 5.56. The van der Waals surface area contributed by atoms with Gasteiger partial charge in [0, 0.05) is 16.8 Å². The van der Waals surface area contributed by atoms with Gasteiger partial charge < -0.3 is 10.6 Å². The second kappa shape index (κ2) is 7.25. The van der Waals surface area contributed by atoms with Crippen molar-refractivity contribution in [2.24, 2.45) is 5.41 Å². The van der Waals surface area contributed by atoms with Crippen molar-refractivity contribution >= 4 is 23.2 Å². The number of rotatable bonds is 4. The van der Waals surface area contributed by atoms with Crippen molar-refractivity contribution < 1.29 is 14.0 Å². The normalized spacial score (nSPS) is 11.0. The molecule has 0 unspecified atom stereocenters. The van der Waals surface area contributed by atoms with Crippen LogP contribution >= 0.6 is 0 Å². The number of anilines is 2. The number of hydrogen-bond donors (Lipinski definition) is 2. The zero-order valence-corrected chi connectivity index (χ0v) is 14.0. The molecule has 0 fully saturated rings. The third kappa shape index (κ3) is 5.19. The molecule has 5 heteroatoms. The molecule has 126 valence electrons. The second-order valence-electron chi connectivity index (χ2n) is 6.64. The van der Waals surface area contributed by atoms with E-state index in [1.54, 1.807) is 36.4 Å². The highest BCUT2D eigenvalue weighted by molar-refractivity contribution is 5.95. The Balaban J connectivity index is 1.94. The summed E-state index contributed by atoms with van der Waals surface area (Å²) in [6.45, 7) is 5.51. The third-order valence-corrected chi connectivity index (χ3v) is 3.36. The predicted molar refractivity (Wildman–Crippen MR) is 93.3 cm³/mol. The van der Waals surface area contributed by atoms with E-state index in [1.807, 2.05) is 20.8 Å². The van der Waals surface area contributed by atoms with Crippen LogP contribution in [-0.4, -0.2) is 11.8 Å². The van der Waals surface area contributed by atoms with Crippen molar-refractivity contribution in [2.45, 2.75) is 27.2 Å². The average Bonchev–Trinajstić information content (AvgIpc) is 2.48. The summed E-state index contributed by atoms with van der Waals surface area (Å²) < 4.78 is 13.1. The van der Waals surface area contributed by atoms with Crippen LogP contribution < -0.4 is 10.6 Å². The quantitative estimate of drug-likeness (QED) is 0.891. The Morgan fingerprint density at radius 2 is 1.54 bits per heavy atom. The molecule has 0 aliphatic heterocycles. The van der Waals surface area contributed by atoms with E-state index in [9.17, 15) is 14.0 Å². The van der Waals surface area contributed by atoms with Gasteiger partial charge in [-0.1, -0.05) is 32.9 Å². The molecule has 2 aromatic carbocycles. The highest BCUT2D eigenvalue weighted by Crippen LogP contribution is 2.19. The van der Waals surface area contributed by atoms with Gasteiger partial charge in [0.2, 0.25) is 11.8 Å². The molecule has 2 rings (SSSR count). The SMILES string of the molecule is CC(C)(C)C(=O)Nc1ccc(NC(=O)Cc2cccc(F)c2)cc1. The van der Waals surface area contributed by atoms with E-state index in [-0.39, 0.29) is 24.1 Å². The Bertz CT molecular complexity index is 734. The molecule has 0 aliphatic carbocycles. The number of carbonyl (C=O) groups excluding carboxylic acids is 2. The summed E-state index contributed by atoms with van der Waals surface area (Å²) in [6.07, 6.45) is 0.0975. The topological polar surface area (TPSA) is 58.2 Å². The van der Waals surface area contributed by atoms with Crippen LogP contribution in [0.2, 0.25) is 0 Å². The Kier molecular flexibility index (Phi) is 5.34.